The first-order chi connectivity index (χ1) is 14.8. The van der Waals surface area contributed by atoms with Crippen LogP contribution in [0.3, 0.4) is 0 Å². The number of para-hydroxylation sites is 1. The predicted molar refractivity (Wildman–Crippen MR) is 116 cm³/mol. The second kappa shape index (κ2) is 6.74. The minimum atomic E-state index is -0.266. The Morgan fingerprint density at radius 2 is 1.93 bits per heavy atom. The number of fused-ring (bicyclic) bond motifs is 3. The molecule has 0 saturated carbocycles. The van der Waals surface area contributed by atoms with E-state index in [2.05, 4.69) is 51.1 Å². The van der Waals surface area contributed by atoms with Crippen LogP contribution >= 0.6 is 11.3 Å². The van der Waals surface area contributed by atoms with E-state index in [-0.39, 0.29) is 12.1 Å². The van der Waals surface area contributed by atoms with Crippen LogP contribution in [0.1, 0.15) is 28.1 Å². The molecule has 0 unspecified atom stereocenters. The summed E-state index contributed by atoms with van der Waals surface area (Å²) >= 11 is 1.71. The molecule has 0 spiro atoms. The number of hydrogen-bond donors (Lipinski definition) is 1. The molecule has 4 heterocycles. The lowest BCUT2D eigenvalue weighted by atomic mass is 9.87. The Morgan fingerprint density at radius 3 is 2.73 bits per heavy atom. The van der Waals surface area contributed by atoms with Crippen LogP contribution in [-0.2, 0) is 0 Å². The molecule has 1 N–H and O–H groups in total. The summed E-state index contributed by atoms with van der Waals surface area (Å²) in [6.07, 6.45) is 1.33. The summed E-state index contributed by atoms with van der Waals surface area (Å²) in [6.45, 7) is 0. The van der Waals surface area contributed by atoms with Gasteiger partial charge in [0.2, 0.25) is 5.95 Å². The van der Waals surface area contributed by atoms with Gasteiger partial charge in [-0.05, 0) is 41.3 Å². The molecule has 2 aliphatic rings. The maximum Gasteiger partial charge on any atom is 0.226 e. The fourth-order valence-electron chi connectivity index (χ4n) is 4.19. The Balaban J connectivity index is 1.60. The predicted octanol–water partition coefficient (Wildman–Crippen LogP) is 4.91. The quantitative estimate of drug-likeness (QED) is 0.516. The van der Waals surface area contributed by atoms with Gasteiger partial charge in [0.25, 0.3) is 0 Å². The van der Waals surface area contributed by atoms with Gasteiger partial charge in [0, 0.05) is 16.0 Å². The first-order valence-corrected chi connectivity index (χ1v) is 10.6. The van der Waals surface area contributed by atoms with E-state index in [4.69, 9.17) is 9.47 Å². The maximum absolute atomic E-state index is 6.59. The summed E-state index contributed by atoms with van der Waals surface area (Å²) in [5.74, 6) is 2.40. The van der Waals surface area contributed by atoms with Gasteiger partial charge in [0.1, 0.15) is 30.0 Å². The number of rotatable bonds is 3. The van der Waals surface area contributed by atoms with Gasteiger partial charge in [0.05, 0.1) is 12.8 Å². The SMILES string of the molecule is COc1ccc([C@H]2Oc3ccccc3C3=C2[C@@H](c2cccs2)n2ncnc2N3)cc1. The molecule has 30 heavy (non-hydrogen) atoms. The number of anilines is 1. The summed E-state index contributed by atoms with van der Waals surface area (Å²) in [7, 11) is 1.67. The summed E-state index contributed by atoms with van der Waals surface area (Å²) < 4.78 is 13.9. The van der Waals surface area contributed by atoms with Crippen LogP contribution in [0.25, 0.3) is 5.70 Å². The third kappa shape index (κ3) is 2.55. The van der Waals surface area contributed by atoms with Crippen molar-refractivity contribution in [1.82, 2.24) is 14.8 Å². The molecule has 2 aliphatic heterocycles. The molecule has 2 atom stereocenters. The minimum Gasteiger partial charge on any atom is -0.497 e. The second-order valence-electron chi connectivity index (χ2n) is 7.17. The summed E-state index contributed by atoms with van der Waals surface area (Å²) in [5, 5.41) is 10.1. The van der Waals surface area contributed by atoms with Crippen molar-refractivity contribution in [1.29, 1.82) is 0 Å². The Morgan fingerprint density at radius 1 is 1.07 bits per heavy atom. The van der Waals surface area contributed by atoms with Crippen molar-refractivity contribution >= 4 is 23.0 Å². The third-order valence-electron chi connectivity index (χ3n) is 5.55. The number of aromatic nitrogens is 3. The van der Waals surface area contributed by atoms with Crippen molar-refractivity contribution in [3.8, 4) is 11.5 Å². The van der Waals surface area contributed by atoms with Crippen molar-refractivity contribution in [3.05, 3.63) is 93.9 Å². The van der Waals surface area contributed by atoms with Gasteiger partial charge in [-0.3, -0.25) is 0 Å². The molecule has 4 aromatic rings. The van der Waals surface area contributed by atoms with Crippen LogP contribution in [0.15, 0.2) is 77.9 Å². The van der Waals surface area contributed by atoms with E-state index in [0.29, 0.717) is 0 Å². The first-order valence-electron chi connectivity index (χ1n) is 9.67. The molecule has 0 radical (unpaired) electrons. The molecule has 2 aromatic carbocycles. The van der Waals surface area contributed by atoms with Gasteiger partial charge < -0.3 is 14.8 Å². The van der Waals surface area contributed by atoms with Gasteiger partial charge >= 0.3 is 0 Å². The molecule has 6 rings (SSSR count). The lowest BCUT2D eigenvalue weighted by molar-refractivity contribution is 0.223. The zero-order chi connectivity index (χ0) is 20.1. The smallest absolute Gasteiger partial charge is 0.226 e. The van der Waals surface area contributed by atoms with E-state index in [1.807, 2.05) is 35.0 Å². The highest BCUT2D eigenvalue weighted by molar-refractivity contribution is 7.10. The second-order valence-corrected chi connectivity index (χ2v) is 8.15. The van der Waals surface area contributed by atoms with E-state index in [1.165, 1.54) is 4.88 Å². The van der Waals surface area contributed by atoms with E-state index < -0.39 is 0 Å². The Hall–Kier alpha value is -3.58. The maximum atomic E-state index is 6.59. The molecule has 7 heteroatoms. The topological polar surface area (TPSA) is 61.2 Å². The van der Waals surface area contributed by atoms with Gasteiger partial charge in [-0.25, -0.2) is 4.68 Å². The molecule has 2 aromatic heterocycles. The Kier molecular flexibility index (Phi) is 3.89. The average Bonchev–Trinajstić information content (AvgIpc) is 3.49. The van der Waals surface area contributed by atoms with E-state index in [1.54, 1.807) is 24.8 Å². The van der Waals surface area contributed by atoms with Crippen LogP contribution in [0.5, 0.6) is 11.5 Å². The van der Waals surface area contributed by atoms with Crippen LogP contribution in [0.4, 0.5) is 5.95 Å². The number of nitrogens with one attached hydrogen (secondary N) is 1. The highest BCUT2D eigenvalue weighted by Gasteiger charge is 2.41. The number of benzene rings is 2. The van der Waals surface area contributed by atoms with Crippen LogP contribution in [-0.4, -0.2) is 21.9 Å². The molecule has 148 valence electrons. The largest absolute Gasteiger partial charge is 0.497 e. The van der Waals surface area contributed by atoms with E-state index in [9.17, 15) is 0 Å². The zero-order valence-electron chi connectivity index (χ0n) is 16.1. The fraction of sp³-hybridized carbons (Fsp3) is 0.130. The van der Waals surface area contributed by atoms with Crippen LogP contribution < -0.4 is 14.8 Å². The van der Waals surface area contributed by atoms with E-state index >= 15 is 0 Å². The van der Waals surface area contributed by atoms with Gasteiger partial charge in [-0.15, -0.1) is 11.3 Å². The van der Waals surface area contributed by atoms with Crippen LogP contribution in [0.2, 0.25) is 0 Å². The van der Waals surface area contributed by atoms with Crippen molar-refractivity contribution in [2.24, 2.45) is 0 Å². The van der Waals surface area contributed by atoms with Gasteiger partial charge in [-0.1, -0.05) is 30.3 Å². The molecule has 0 bridgehead atoms. The summed E-state index contributed by atoms with van der Waals surface area (Å²) in [4.78, 5) is 5.65. The van der Waals surface area contributed by atoms with Crippen molar-refractivity contribution in [2.45, 2.75) is 12.1 Å². The lowest BCUT2D eigenvalue weighted by Crippen LogP contribution is -2.32. The molecular weight excluding hydrogens is 396 g/mol. The van der Waals surface area contributed by atoms with Crippen molar-refractivity contribution < 1.29 is 9.47 Å². The molecule has 0 aliphatic carbocycles. The lowest BCUT2D eigenvalue weighted by Gasteiger charge is -2.38. The highest BCUT2D eigenvalue weighted by Crippen LogP contribution is 2.51. The molecule has 0 fully saturated rings. The van der Waals surface area contributed by atoms with Gasteiger partial charge in [0.15, 0.2) is 0 Å². The van der Waals surface area contributed by atoms with Crippen molar-refractivity contribution in [3.63, 3.8) is 0 Å². The normalized spacial score (nSPS) is 19.2. The fourth-order valence-corrected chi connectivity index (χ4v) is 5.02. The first kappa shape index (κ1) is 17.3. The molecule has 6 nitrogen and oxygen atoms in total. The van der Waals surface area contributed by atoms with Crippen molar-refractivity contribution in [2.75, 3.05) is 12.4 Å². The monoisotopic (exact) mass is 414 g/mol. The summed E-state index contributed by atoms with van der Waals surface area (Å²) in [6, 6.07) is 20.3. The number of methoxy groups -OCH3 is 1. The Bertz CT molecular complexity index is 1240. The van der Waals surface area contributed by atoms with Crippen LogP contribution in [0, 0.1) is 0 Å². The molecule has 0 saturated heterocycles. The molecule has 0 amide bonds. The number of hydrogen-bond acceptors (Lipinski definition) is 6. The number of thiophene rings is 1. The summed E-state index contributed by atoms with van der Waals surface area (Å²) in [5.41, 5.74) is 4.26. The van der Waals surface area contributed by atoms with E-state index in [0.717, 1.165) is 39.8 Å². The minimum absolute atomic E-state index is 0.0980. The average molecular weight is 414 g/mol. The third-order valence-corrected chi connectivity index (χ3v) is 6.48. The zero-order valence-corrected chi connectivity index (χ0v) is 17.0. The number of nitrogens with zero attached hydrogens (tertiary/aromatic N) is 3. The standard InChI is InChI=1S/C23H18N4O2S/c1-28-15-10-8-14(9-11-15)22-19-20(16-5-2-3-6-17(16)29-22)26-23-24-13-25-27(23)21(19)18-7-4-12-30-18/h2-13,21-22H,1H3,(H,24,25,26)/t21-,22-/m1/s1. The Labute approximate surface area is 177 Å². The molecular formula is C23H18N4O2S. The number of ether oxygens (including phenoxy) is 2. The van der Waals surface area contributed by atoms with Gasteiger partial charge in [-0.2, -0.15) is 10.1 Å². The highest BCUT2D eigenvalue weighted by atomic mass is 32.1.